The van der Waals surface area contributed by atoms with Gasteiger partial charge in [-0.3, -0.25) is 4.90 Å². The molecule has 1 heterocycles. The third-order valence-electron chi connectivity index (χ3n) is 3.63. The zero-order chi connectivity index (χ0) is 13.8. The summed E-state index contributed by atoms with van der Waals surface area (Å²) in [6, 6.07) is 16.6. The number of likely N-dealkylation sites (N-methyl/N-ethyl adjacent to an activating group) is 1. The third-order valence-corrected chi connectivity index (χ3v) is 3.63. The van der Waals surface area contributed by atoms with Crippen molar-refractivity contribution >= 4 is 0 Å². The Morgan fingerprint density at radius 1 is 0.950 bits per heavy atom. The van der Waals surface area contributed by atoms with Crippen LogP contribution >= 0.6 is 0 Å². The molecule has 0 unspecified atom stereocenters. The maximum atomic E-state index is 6.09. The fourth-order valence-electron chi connectivity index (χ4n) is 2.55. The first-order chi connectivity index (χ1) is 9.86. The van der Waals surface area contributed by atoms with Crippen molar-refractivity contribution in [3.05, 3.63) is 59.7 Å². The maximum absolute atomic E-state index is 6.09. The van der Waals surface area contributed by atoms with Crippen molar-refractivity contribution in [1.29, 1.82) is 0 Å². The number of hydrogen-bond acceptors (Lipinski definition) is 3. The highest BCUT2D eigenvalue weighted by atomic mass is 16.5. The molecule has 104 valence electrons. The van der Waals surface area contributed by atoms with Gasteiger partial charge in [-0.25, -0.2) is 0 Å². The molecule has 0 aliphatic carbocycles. The summed E-state index contributed by atoms with van der Waals surface area (Å²) in [5.41, 5.74) is 2.50. The quantitative estimate of drug-likeness (QED) is 0.926. The van der Waals surface area contributed by atoms with Crippen LogP contribution < -0.4 is 10.1 Å². The van der Waals surface area contributed by atoms with E-state index in [-0.39, 0.29) is 0 Å². The lowest BCUT2D eigenvalue weighted by Gasteiger charge is -2.27. The summed E-state index contributed by atoms with van der Waals surface area (Å²) in [5, 5.41) is 3.23. The highest BCUT2D eigenvalue weighted by Gasteiger charge is 2.17. The molecule has 0 aromatic heterocycles. The van der Waals surface area contributed by atoms with Crippen molar-refractivity contribution in [3.8, 4) is 11.5 Å². The van der Waals surface area contributed by atoms with Crippen molar-refractivity contribution in [2.75, 3.05) is 20.1 Å². The fraction of sp³-hybridized carbons (Fsp3) is 0.294. The lowest BCUT2D eigenvalue weighted by Crippen LogP contribution is -2.31. The molecule has 0 atom stereocenters. The summed E-state index contributed by atoms with van der Waals surface area (Å²) in [7, 11) is 2.00. The van der Waals surface area contributed by atoms with Gasteiger partial charge in [-0.2, -0.15) is 0 Å². The molecule has 3 nitrogen and oxygen atoms in total. The molecule has 0 saturated heterocycles. The molecule has 20 heavy (non-hydrogen) atoms. The van der Waals surface area contributed by atoms with Crippen LogP contribution in [0.1, 0.15) is 11.1 Å². The molecule has 3 rings (SSSR count). The van der Waals surface area contributed by atoms with E-state index in [1.54, 1.807) is 0 Å². The lowest BCUT2D eigenvalue weighted by atomic mass is 10.1. The minimum Gasteiger partial charge on any atom is -0.457 e. The van der Waals surface area contributed by atoms with E-state index in [0.717, 1.165) is 37.7 Å². The first kappa shape index (κ1) is 13.2. The smallest absolute Gasteiger partial charge is 0.131 e. The van der Waals surface area contributed by atoms with Gasteiger partial charge >= 0.3 is 0 Å². The summed E-state index contributed by atoms with van der Waals surface area (Å²) in [4.78, 5) is 2.46. The molecule has 2 aromatic rings. The number of para-hydroxylation sites is 2. The summed E-state index contributed by atoms with van der Waals surface area (Å²) in [6.07, 6.45) is 0. The Morgan fingerprint density at radius 2 is 1.50 bits per heavy atom. The minimum absolute atomic E-state index is 0.923. The van der Waals surface area contributed by atoms with E-state index >= 15 is 0 Å². The highest BCUT2D eigenvalue weighted by molar-refractivity contribution is 5.42. The molecule has 1 aliphatic heterocycles. The molecule has 3 heteroatoms. The lowest BCUT2D eigenvalue weighted by molar-refractivity contribution is 0.246. The summed E-state index contributed by atoms with van der Waals surface area (Å²) < 4.78 is 6.09. The van der Waals surface area contributed by atoms with E-state index in [0.29, 0.717) is 0 Å². The van der Waals surface area contributed by atoms with Crippen LogP contribution in [-0.2, 0) is 13.1 Å². The molecule has 0 spiro atoms. The second-order valence-electron chi connectivity index (χ2n) is 5.13. The monoisotopic (exact) mass is 268 g/mol. The number of rotatable bonds is 3. The van der Waals surface area contributed by atoms with Crippen LogP contribution in [0.2, 0.25) is 0 Å². The number of nitrogens with zero attached hydrogens (tertiary/aromatic N) is 1. The Balaban J connectivity index is 1.96. The Kier molecular flexibility index (Phi) is 4.00. The topological polar surface area (TPSA) is 24.5 Å². The standard InChI is InChI=1S/C17H20N2O/c1-18-10-11-19-12-14-6-2-4-8-16(14)20-17-9-5-3-7-15(17)13-19/h2-9,18H,10-13H2,1H3. The van der Waals surface area contributed by atoms with E-state index in [1.807, 2.05) is 31.3 Å². The van der Waals surface area contributed by atoms with Crippen molar-refractivity contribution in [2.24, 2.45) is 0 Å². The highest BCUT2D eigenvalue weighted by Crippen LogP contribution is 2.32. The van der Waals surface area contributed by atoms with Gasteiger partial charge in [0.05, 0.1) is 0 Å². The number of ether oxygens (including phenoxy) is 1. The van der Waals surface area contributed by atoms with Crippen LogP contribution in [0.5, 0.6) is 11.5 Å². The van der Waals surface area contributed by atoms with Crippen molar-refractivity contribution in [3.63, 3.8) is 0 Å². The van der Waals surface area contributed by atoms with Crippen LogP contribution in [0.25, 0.3) is 0 Å². The molecule has 1 N–H and O–H groups in total. The van der Waals surface area contributed by atoms with E-state index in [4.69, 9.17) is 4.74 Å². The second kappa shape index (κ2) is 6.07. The molecular weight excluding hydrogens is 248 g/mol. The molecule has 0 fully saturated rings. The van der Waals surface area contributed by atoms with Gasteiger partial charge in [-0.1, -0.05) is 36.4 Å². The largest absolute Gasteiger partial charge is 0.457 e. The van der Waals surface area contributed by atoms with Gasteiger partial charge in [0, 0.05) is 37.3 Å². The molecule has 2 aromatic carbocycles. The first-order valence-corrected chi connectivity index (χ1v) is 7.07. The van der Waals surface area contributed by atoms with E-state index < -0.39 is 0 Å². The van der Waals surface area contributed by atoms with Gasteiger partial charge in [0.15, 0.2) is 0 Å². The third kappa shape index (κ3) is 2.84. The Hall–Kier alpha value is -1.84. The minimum atomic E-state index is 0.923. The fourth-order valence-corrected chi connectivity index (χ4v) is 2.55. The number of fused-ring (bicyclic) bond motifs is 2. The van der Waals surface area contributed by atoms with Crippen LogP contribution in [0.15, 0.2) is 48.5 Å². The molecule has 0 radical (unpaired) electrons. The van der Waals surface area contributed by atoms with E-state index in [9.17, 15) is 0 Å². The van der Waals surface area contributed by atoms with Crippen molar-refractivity contribution in [2.45, 2.75) is 13.1 Å². The van der Waals surface area contributed by atoms with Gasteiger partial charge in [0.1, 0.15) is 11.5 Å². The SMILES string of the molecule is CNCCN1Cc2ccccc2Oc2ccccc2C1. The number of hydrogen-bond donors (Lipinski definition) is 1. The summed E-state index contributed by atoms with van der Waals surface area (Å²) in [6.45, 7) is 3.86. The van der Waals surface area contributed by atoms with E-state index in [2.05, 4.69) is 34.5 Å². The van der Waals surface area contributed by atoms with Gasteiger partial charge in [0.25, 0.3) is 0 Å². The summed E-state index contributed by atoms with van der Waals surface area (Å²) in [5.74, 6) is 1.93. The summed E-state index contributed by atoms with van der Waals surface area (Å²) >= 11 is 0. The van der Waals surface area contributed by atoms with E-state index in [1.165, 1.54) is 11.1 Å². The van der Waals surface area contributed by atoms with Gasteiger partial charge < -0.3 is 10.1 Å². The number of nitrogens with one attached hydrogen (secondary N) is 1. The average Bonchev–Trinajstić information content (AvgIpc) is 2.46. The maximum Gasteiger partial charge on any atom is 0.131 e. The Morgan fingerprint density at radius 3 is 2.05 bits per heavy atom. The Bertz CT molecular complexity index is 535. The number of benzene rings is 2. The molecule has 0 bridgehead atoms. The van der Waals surface area contributed by atoms with Crippen LogP contribution in [0.3, 0.4) is 0 Å². The van der Waals surface area contributed by atoms with Crippen LogP contribution in [0, 0.1) is 0 Å². The first-order valence-electron chi connectivity index (χ1n) is 7.07. The normalized spacial score (nSPS) is 14.7. The van der Waals surface area contributed by atoms with Crippen LogP contribution in [0.4, 0.5) is 0 Å². The zero-order valence-corrected chi connectivity index (χ0v) is 11.8. The van der Waals surface area contributed by atoms with Gasteiger partial charge in [-0.05, 0) is 19.2 Å². The predicted molar refractivity (Wildman–Crippen MR) is 81.0 cm³/mol. The molecule has 0 saturated carbocycles. The second-order valence-corrected chi connectivity index (χ2v) is 5.13. The van der Waals surface area contributed by atoms with Gasteiger partial charge in [-0.15, -0.1) is 0 Å². The average molecular weight is 268 g/mol. The van der Waals surface area contributed by atoms with Crippen molar-refractivity contribution in [1.82, 2.24) is 10.2 Å². The van der Waals surface area contributed by atoms with Gasteiger partial charge in [0.2, 0.25) is 0 Å². The van der Waals surface area contributed by atoms with Crippen molar-refractivity contribution < 1.29 is 4.74 Å². The Labute approximate surface area is 120 Å². The predicted octanol–water partition coefficient (Wildman–Crippen LogP) is 3.01. The zero-order valence-electron chi connectivity index (χ0n) is 11.8. The molecular formula is C17H20N2O. The molecule has 1 aliphatic rings. The molecule has 0 amide bonds. The van der Waals surface area contributed by atoms with Crippen LogP contribution in [-0.4, -0.2) is 25.0 Å².